The minimum absolute atomic E-state index is 0.177. The Morgan fingerprint density at radius 3 is 2.65 bits per heavy atom. The zero-order valence-electron chi connectivity index (χ0n) is 9.87. The van der Waals surface area contributed by atoms with Gasteiger partial charge in [-0.3, -0.25) is 14.5 Å². The highest BCUT2D eigenvalue weighted by Crippen LogP contribution is 2.07. The van der Waals surface area contributed by atoms with Gasteiger partial charge in [-0.1, -0.05) is 6.07 Å². The summed E-state index contributed by atoms with van der Waals surface area (Å²) < 4.78 is 13.0. The first-order chi connectivity index (χ1) is 8.06. The maximum atomic E-state index is 13.0. The molecule has 2 amide bonds. The van der Waals surface area contributed by atoms with E-state index in [1.54, 1.807) is 7.05 Å². The quantitative estimate of drug-likeness (QED) is 0.852. The van der Waals surface area contributed by atoms with E-state index in [1.165, 1.54) is 25.1 Å². The highest BCUT2D eigenvalue weighted by molar-refractivity contribution is 6.04. The third-order valence-electron chi connectivity index (χ3n) is 2.28. The molecule has 0 radical (unpaired) electrons. The van der Waals surface area contributed by atoms with Gasteiger partial charge in [-0.2, -0.15) is 0 Å². The van der Waals surface area contributed by atoms with Crippen LogP contribution in [0.4, 0.5) is 4.39 Å². The Labute approximate surface area is 99.4 Å². The van der Waals surface area contributed by atoms with Gasteiger partial charge < -0.3 is 5.32 Å². The summed E-state index contributed by atoms with van der Waals surface area (Å²) in [5.74, 6) is -1.32. The maximum Gasteiger partial charge on any atom is 0.260 e. The Kier molecular flexibility index (Phi) is 4.78. The molecule has 0 fully saturated rings. The molecular weight excluding hydrogens is 223 g/mol. The Morgan fingerprint density at radius 2 is 2.12 bits per heavy atom. The van der Waals surface area contributed by atoms with Crippen molar-refractivity contribution < 1.29 is 14.0 Å². The molecule has 1 rings (SSSR count). The van der Waals surface area contributed by atoms with Gasteiger partial charge in [0.2, 0.25) is 5.91 Å². The van der Waals surface area contributed by atoms with Crippen molar-refractivity contribution in [2.24, 2.45) is 0 Å². The van der Waals surface area contributed by atoms with Crippen LogP contribution in [0.25, 0.3) is 0 Å². The molecule has 0 bridgehead atoms. The molecule has 0 heterocycles. The first-order valence-corrected chi connectivity index (χ1v) is 5.29. The molecule has 0 atom stereocenters. The molecule has 0 aliphatic rings. The van der Waals surface area contributed by atoms with E-state index in [-0.39, 0.29) is 18.0 Å². The fraction of sp³-hybridized carbons (Fsp3) is 0.333. The highest BCUT2D eigenvalue weighted by atomic mass is 19.1. The second-order valence-electron chi connectivity index (χ2n) is 3.59. The minimum atomic E-state index is -0.493. The molecule has 1 N–H and O–H groups in total. The van der Waals surface area contributed by atoms with Gasteiger partial charge in [-0.25, -0.2) is 4.39 Å². The summed E-state index contributed by atoms with van der Waals surface area (Å²) in [5.41, 5.74) is 0.177. The van der Waals surface area contributed by atoms with Gasteiger partial charge in [0.25, 0.3) is 5.91 Å². The lowest BCUT2D eigenvalue weighted by Gasteiger charge is -2.18. The zero-order chi connectivity index (χ0) is 12.8. The van der Waals surface area contributed by atoms with Crippen LogP contribution in [0.3, 0.4) is 0 Å². The number of amides is 2. The number of carbonyl (C=O) groups is 2. The van der Waals surface area contributed by atoms with Crippen molar-refractivity contribution >= 4 is 11.8 Å². The van der Waals surface area contributed by atoms with Gasteiger partial charge in [-0.05, 0) is 25.2 Å². The van der Waals surface area contributed by atoms with E-state index in [1.807, 2.05) is 0 Å². The van der Waals surface area contributed by atoms with Crippen molar-refractivity contribution in [2.45, 2.75) is 6.92 Å². The van der Waals surface area contributed by atoms with E-state index in [0.29, 0.717) is 6.54 Å². The van der Waals surface area contributed by atoms with Gasteiger partial charge in [-0.15, -0.1) is 0 Å². The van der Waals surface area contributed by atoms with Crippen molar-refractivity contribution in [3.05, 3.63) is 35.6 Å². The van der Waals surface area contributed by atoms with Crippen molar-refractivity contribution in [1.82, 2.24) is 10.2 Å². The first-order valence-electron chi connectivity index (χ1n) is 5.29. The maximum absolute atomic E-state index is 13.0. The molecular formula is C12H15FN2O2. The van der Waals surface area contributed by atoms with Crippen molar-refractivity contribution in [1.29, 1.82) is 0 Å². The molecule has 4 nitrogen and oxygen atoms in total. The Hall–Kier alpha value is -1.75. The van der Waals surface area contributed by atoms with Crippen molar-refractivity contribution in [3.63, 3.8) is 0 Å². The summed E-state index contributed by atoms with van der Waals surface area (Å²) in [5, 5.41) is 2.85. The number of hydrogen-bond donors (Lipinski definition) is 1. The second-order valence-corrected chi connectivity index (χ2v) is 3.59. The van der Waals surface area contributed by atoms with Crippen LogP contribution in [0.5, 0.6) is 0 Å². The summed E-state index contributed by atoms with van der Waals surface area (Å²) >= 11 is 0. The molecule has 17 heavy (non-hydrogen) atoms. The topological polar surface area (TPSA) is 49.4 Å². The number of rotatable bonds is 4. The van der Waals surface area contributed by atoms with Crippen LogP contribution < -0.4 is 5.32 Å². The summed E-state index contributed by atoms with van der Waals surface area (Å²) in [6, 6.07) is 5.31. The summed E-state index contributed by atoms with van der Waals surface area (Å²) in [6.45, 7) is 2.08. The summed E-state index contributed by atoms with van der Waals surface area (Å²) in [6.07, 6.45) is 0. The van der Waals surface area contributed by atoms with E-state index < -0.39 is 11.7 Å². The van der Waals surface area contributed by atoms with E-state index >= 15 is 0 Å². The van der Waals surface area contributed by atoms with Gasteiger partial charge in [0.1, 0.15) is 5.82 Å². The molecule has 0 aliphatic carbocycles. The third-order valence-corrected chi connectivity index (χ3v) is 2.28. The van der Waals surface area contributed by atoms with Gasteiger partial charge in [0, 0.05) is 25.6 Å². The average molecular weight is 238 g/mol. The largest absolute Gasteiger partial charge is 0.318 e. The van der Waals surface area contributed by atoms with E-state index in [9.17, 15) is 14.0 Å². The monoisotopic (exact) mass is 238 g/mol. The highest BCUT2D eigenvalue weighted by Gasteiger charge is 2.19. The second kappa shape index (κ2) is 6.10. The van der Waals surface area contributed by atoms with Crippen molar-refractivity contribution in [2.75, 3.05) is 20.1 Å². The Morgan fingerprint density at radius 1 is 1.41 bits per heavy atom. The first kappa shape index (κ1) is 13.3. The van der Waals surface area contributed by atoms with Gasteiger partial charge in [0.05, 0.1) is 0 Å². The van der Waals surface area contributed by atoms with Gasteiger partial charge >= 0.3 is 0 Å². The molecule has 1 aromatic carbocycles. The molecule has 1 aromatic rings. The predicted octanol–water partition coefficient (Wildman–Crippen LogP) is 1.03. The minimum Gasteiger partial charge on any atom is -0.318 e. The van der Waals surface area contributed by atoms with Crippen LogP contribution in [0.1, 0.15) is 17.3 Å². The standard InChI is InChI=1S/C12H15FN2O2/c1-9(16)15(7-6-14-2)12(17)10-4-3-5-11(13)8-10/h3-5,8,14H,6-7H2,1-2H3. The Bertz CT molecular complexity index is 421. The Balaban J connectivity index is 2.88. The molecule has 0 saturated heterocycles. The van der Waals surface area contributed by atoms with Crippen molar-refractivity contribution in [3.8, 4) is 0 Å². The van der Waals surface area contributed by atoms with Crippen LogP contribution in [0.15, 0.2) is 24.3 Å². The number of benzene rings is 1. The zero-order valence-corrected chi connectivity index (χ0v) is 9.87. The number of hydrogen-bond acceptors (Lipinski definition) is 3. The number of halogens is 1. The molecule has 0 spiro atoms. The van der Waals surface area contributed by atoms with E-state index in [4.69, 9.17) is 0 Å². The molecule has 0 saturated carbocycles. The predicted molar refractivity (Wildman–Crippen MR) is 62.0 cm³/mol. The van der Waals surface area contributed by atoms with Crippen LogP contribution in [0.2, 0.25) is 0 Å². The third kappa shape index (κ3) is 3.64. The van der Waals surface area contributed by atoms with Crippen LogP contribution in [-0.2, 0) is 4.79 Å². The van der Waals surface area contributed by atoms with Gasteiger partial charge in [0.15, 0.2) is 0 Å². The number of imide groups is 1. The number of carbonyl (C=O) groups excluding carboxylic acids is 2. The normalized spacial score (nSPS) is 10.1. The van der Waals surface area contributed by atoms with Crippen LogP contribution in [0, 0.1) is 5.82 Å². The lowest BCUT2D eigenvalue weighted by atomic mass is 10.2. The summed E-state index contributed by atoms with van der Waals surface area (Å²) in [7, 11) is 1.73. The molecule has 0 aliphatic heterocycles. The SMILES string of the molecule is CNCCN(C(C)=O)C(=O)c1cccc(F)c1. The molecule has 0 aromatic heterocycles. The number of nitrogens with one attached hydrogen (secondary N) is 1. The lowest BCUT2D eigenvalue weighted by Crippen LogP contribution is -2.39. The number of nitrogens with zero attached hydrogens (tertiary/aromatic N) is 1. The molecule has 5 heteroatoms. The van der Waals surface area contributed by atoms with Crippen LogP contribution in [-0.4, -0.2) is 36.9 Å². The number of likely N-dealkylation sites (N-methyl/N-ethyl adjacent to an activating group) is 1. The summed E-state index contributed by atoms with van der Waals surface area (Å²) in [4.78, 5) is 24.4. The fourth-order valence-electron chi connectivity index (χ4n) is 1.40. The van der Waals surface area contributed by atoms with E-state index in [0.717, 1.165) is 11.0 Å². The average Bonchev–Trinajstić information content (AvgIpc) is 2.29. The van der Waals surface area contributed by atoms with Crippen LogP contribution >= 0.6 is 0 Å². The molecule has 92 valence electrons. The molecule has 0 unspecified atom stereocenters. The fourth-order valence-corrected chi connectivity index (χ4v) is 1.40. The smallest absolute Gasteiger partial charge is 0.260 e. The lowest BCUT2D eigenvalue weighted by molar-refractivity contribution is -0.126. The van der Waals surface area contributed by atoms with E-state index in [2.05, 4.69) is 5.32 Å².